The molecule has 2 heteroatoms. The van der Waals surface area contributed by atoms with Crippen LogP contribution in [0.4, 0.5) is 0 Å². The number of aryl methyl sites for hydroxylation is 1. The van der Waals surface area contributed by atoms with Crippen LogP contribution in [0.15, 0.2) is 18.2 Å². The summed E-state index contributed by atoms with van der Waals surface area (Å²) in [6.45, 7) is 0. The second-order valence-corrected chi connectivity index (χ2v) is 4.68. The van der Waals surface area contributed by atoms with Crippen molar-refractivity contribution in [1.29, 1.82) is 0 Å². The van der Waals surface area contributed by atoms with E-state index in [0.29, 0.717) is 0 Å². The van der Waals surface area contributed by atoms with Crippen molar-refractivity contribution in [1.82, 2.24) is 0 Å². The zero-order chi connectivity index (χ0) is 10.5. The highest BCUT2D eigenvalue weighted by Crippen LogP contribution is 2.50. The molecule has 2 aliphatic carbocycles. The maximum absolute atomic E-state index is 11.3. The Kier molecular flexibility index (Phi) is 1.70. The Bertz CT molecular complexity index is 430. The van der Waals surface area contributed by atoms with Crippen molar-refractivity contribution >= 4 is 5.97 Å². The largest absolute Gasteiger partial charge is 0.481 e. The number of hydrogen-bond acceptors (Lipinski definition) is 1. The molecule has 1 fully saturated rings. The molecule has 0 aromatic heterocycles. The van der Waals surface area contributed by atoms with Crippen LogP contribution < -0.4 is 0 Å². The molecule has 0 radical (unpaired) electrons. The Balaban J connectivity index is 2.13. The molecule has 1 saturated carbocycles. The first-order valence-corrected chi connectivity index (χ1v) is 5.59. The lowest BCUT2D eigenvalue weighted by Gasteiger charge is -2.14. The third-order valence-electron chi connectivity index (χ3n) is 3.82. The molecule has 78 valence electrons. The second kappa shape index (κ2) is 2.84. The van der Waals surface area contributed by atoms with Crippen LogP contribution in [-0.4, -0.2) is 11.1 Å². The molecule has 2 nitrogen and oxygen atoms in total. The van der Waals surface area contributed by atoms with Crippen LogP contribution in [-0.2, 0) is 23.1 Å². The lowest BCUT2D eigenvalue weighted by molar-refractivity contribution is -0.140. The van der Waals surface area contributed by atoms with Crippen LogP contribution in [0.1, 0.15) is 36.0 Å². The van der Waals surface area contributed by atoms with Gasteiger partial charge in [-0.1, -0.05) is 18.2 Å². The zero-order valence-corrected chi connectivity index (χ0v) is 8.62. The first-order valence-electron chi connectivity index (χ1n) is 5.59. The van der Waals surface area contributed by atoms with Gasteiger partial charge in [0.25, 0.3) is 0 Å². The summed E-state index contributed by atoms with van der Waals surface area (Å²) in [7, 11) is 0. The molecule has 1 N–H and O–H groups in total. The first-order chi connectivity index (χ1) is 7.24. The van der Waals surface area contributed by atoms with Crippen LogP contribution in [0, 0.1) is 0 Å². The van der Waals surface area contributed by atoms with Crippen LogP contribution in [0.2, 0.25) is 0 Å². The highest BCUT2D eigenvalue weighted by Gasteiger charge is 2.53. The molecule has 0 unspecified atom stereocenters. The van der Waals surface area contributed by atoms with Crippen LogP contribution in [0.3, 0.4) is 0 Å². The molecule has 0 aliphatic heterocycles. The van der Waals surface area contributed by atoms with E-state index in [1.54, 1.807) is 0 Å². The molecule has 15 heavy (non-hydrogen) atoms. The van der Waals surface area contributed by atoms with E-state index in [1.165, 1.54) is 17.5 Å². The second-order valence-electron chi connectivity index (χ2n) is 4.68. The predicted octanol–water partition coefficient (Wildman–Crippen LogP) is 2.29. The Morgan fingerprint density at radius 3 is 2.73 bits per heavy atom. The van der Waals surface area contributed by atoms with E-state index in [4.69, 9.17) is 0 Å². The quantitative estimate of drug-likeness (QED) is 0.799. The van der Waals surface area contributed by atoms with E-state index >= 15 is 0 Å². The maximum Gasteiger partial charge on any atom is 0.314 e. The highest BCUT2D eigenvalue weighted by molar-refractivity contribution is 5.85. The average molecular weight is 202 g/mol. The normalized spacial score (nSPS) is 21.1. The number of aliphatic carboxylic acids is 1. The lowest BCUT2D eigenvalue weighted by atomic mass is 9.89. The Labute approximate surface area is 88.9 Å². The SMILES string of the molecule is O=C(O)C1(c2cccc3c2CCC3)CC1. The monoisotopic (exact) mass is 202 g/mol. The van der Waals surface area contributed by atoms with E-state index in [2.05, 4.69) is 6.07 Å². The average Bonchev–Trinajstić information content (AvgIpc) is 2.89. The summed E-state index contributed by atoms with van der Waals surface area (Å²) < 4.78 is 0. The van der Waals surface area contributed by atoms with E-state index in [0.717, 1.165) is 31.2 Å². The fourth-order valence-corrected chi connectivity index (χ4v) is 2.79. The summed E-state index contributed by atoms with van der Waals surface area (Å²) in [5.41, 5.74) is 3.29. The van der Waals surface area contributed by atoms with Crippen molar-refractivity contribution < 1.29 is 9.90 Å². The fourth-order valence-electron chi connectivity index (χ4n) is 2.79. The van der Waals surface area contributed by atoms with Gasteiger partial charge in [0.1, 0.15) is 0 Å². The molecular formula is C13H14O2. The standard InChI is InChI=1S/C13H14O2/c14-12(15)13(7-8-13)11-6-2-4-9-3-1-5-10(9)11/h2,4,6H,1,3,5,7-8H2,(H,14,15). The molecule has 0 saturated heterocycles. The van der Waals surface area contributed by atoms with Gasteiger partial charge in [-0.3, -0.25) is 4.79 Å². The van der Waals surface area contributed by atoms with E-state index in [1.807, 2.05) is 12.1 Å². The Morgan fingerprint density at radius 2 is 2.07 bits per heavy atom. The zero-order valence-electron chi connectivity index (χ0n) is 8.62. The van der Waals surface area contributed by atoms with Crippen LogP contribution in [0.25, 0.3) is 0 Å². The Morgan fingerprint density at radius 1 is 1.27 bits per heavy atom. The maximum atomic E-state index is 11.3. The van der Waals surface area contributed by atoms with Crippen molar-refractivity contribution in [3.8, 4) is 0 Å². The number of hydrogen-bond donors (Lipinski definition) is 1. The highest BCUT2D eigenvalue weighted by atomic mass is 16.4. The summed E-state index contributed by atoms with van der Waals surface area (Å²) in [6, 6.07) is 6.18. The molecule has 3 rings (SSSR count). The number of fused-ring (bicyclic) bond motifs is 1. The third-order valence-corrected chi connectivity index (χ3v) is 3.82. The summed E-state index contributed by atoms with van der Waals surface area (Å²) in [4.78, 5) is 11.3. The number of benzene rings is 1. The van der Waals surface area contributed by atoms with Gasteiger partial charge in [-0.05, 0) is 48.8 Å². The van der Waals surface area contributed by atoms with E-state index < -0.39 is 11.4 Å². The lowest BCUT2D eigenvalue weighted by Crippen LogP contribution is -2.21. The molecule has 0 bridgehead atoms. The summed E-state index contributed by atoms with van der Waals surface area (Å²) in [5.74, 6) is -0.636. The smallest absolute Gasteiger partial charge is 0.314 e. The van der Waals surface area contributed by atoms with Crippen molar-refractivity contribution in [3.63, 3.8) is 0 Å². The first kappa shape index (κ1) is 8.96. The number of carboxylic acid groups (broad SMARTS) is 1. The van der Waals surface area contributed by atoms with E-state index in [-0.39, 0.29) is 0 Å². The summed E-state index contributed by atoms with van der Waals surface area (Å²) in [5, 5.41) is 9.29. The van der Waals surface area contributed by atoms with Gasteiger partial charge in [0.2, 0.25) is 0 Å². The summed E-state index contributed by atoms with van der Waals surface area (Å²) >= 11 is 0. The minimum atomic E-state index is -0.636. The van der Waals surface area contributed by atoms with Crippen molar-refractivity contribution in [2.24, 2.45) is 0 Å². The molecule has 2 aliphatic rings. The van der Waals surface area contributed by atoms with Gasteiger partial charge in [-0.2, -0.15) is 0 Å². The topological polar surface area (TPSA) is 37.3 Å². The molecule has 0 heterocycles. The van der Waals surface area contributed by atoms with Gasteiger partial charge in [0.05, 0.1) is 5.41 Å². The van der Waals surface area contributed by atoms with Gasteiger partial charge in [0.15, 0.2) is 0 Å². The van der Waals surface area contributed by atoms with Gasteiger partial charge in [0, 0.05) is 0 Å². The fraction of sp³-hybridized carbons (Fsp3) is 0.462. The van der Waals surface area contributed by atoms with Gasteiger partial charge in [-0.25, -0.2) is 0 Å². The minimum absolute atomic E-state index is 0.518. The third kappa shape index (κ3) is 1.14. The van der Waals surface area contributed by atoms with E-state index in [9.17, 15) is 9.90 Å². The van der Waals surface area contributed by atoms with Gasteiger partial charge in [-0.15, -0.1) is 0 Å². The number of carboxylic acids is 1. The van der Waals surface area contributed by atoms with Gasteiger partial charge < -0.3 is 5.11 Å². The van der Waals surface area contributed by atoms with Crippen molar-refractivity contribution in [2.75, 3.05) is 0 Å². The molecular weight excluding hydrogens is 188 g/mol. The number of carbonyl (C=O) groups is 1. The molecule has 1 aromatic carbocycles. The molecule has 0 spiro atoms. The van der Waals surface area contributed by atoms with Crippen LogP contribution >= 0.6 is 0 Å². The number of rotatable bonds is 2. The molecule has 1 aromatic rings. The Hall–Kier alpha value is -1.31. The van der Waals surface area contributed by atoms with Crippen molar-refractivity contribution in [2.45, 2.75) is 37.5 Å². The molecule has 0 atom stereocenters. The van der Waals surface area contributed by atoms with Crippen molar-refractivity contribution in [3.05, 3.63) is 34.9 Å². The summed E-state index contributed by atoms with van der Waals surface area (Å²) in [6.07, 6.45) is 5.01. The predicted molar refractivity (Wildman–Crippen MR) is 57.0 cm³/mol. The van der Waals surface area contributed by atoms with Crippen LogP contribution in [0.5, 0.6) is 0 Å². The minimum Gasteiger partial charge on any atom is -0.481 e. The van der Waals surface area contributed by atoms with Gasteiger partial charge >= 0.3 is 5.97 Å². The molecule has 0 amide bonds.